The van der Waals surface area contributed by atoms with Gasteiger partial charge in [0.1, 0.15) is 5.82 Å². The van der Waals surface area contributed by atoms with Gasteiger partial charge in [0.05, 0.1) is 0 Å². The van der Waals surface area contributed by atoms with Gasteiger partial charge in [0.2, 0.25) is 0 Å². The van der Waals surface area contributed by atoms with Gasteiger partial charge in [-0.05, 0) is 57.7 Å². The van der Waals surface area contributed by atoms with E-state index in [1.807, 2.05) is 0 Å². The van der Waals surface area contributed by atoms with Crippen LogP contribution in [0.15, 0.2) is 6.07 Å². The number of anilines is 1. The van der Waals surface area contributed by atoms with Crippen LogP contribution < -0.4 is 10.2 Å². The lowest BCUT2D eigenvalue weighted by Crippen LogP contribution is -2.38. The SMILES string of the molecule is CCCNCc1c(C)cc(C)nc1N(C)C1CCC1. The molecule has 2 rings (SSSR count). The van der Waals surface area contributed by atoms with E-state index in [1.54, 1.807) is 0 Å². The smallest absolute Gasteiger partial charge is 0.133 e. The Hall–Kier alpha value is -1.09. The van der Waals surface area contributed by atoms with Crippen molar-refractivity contribution in [2.24, 2.45) is 0 Å². The molecule has 3 heteroatoms. The van der Waals surface area contributed by atoms with Gasteiger partial charge in [-0.3, -0.25) is 0 Å². The second-order valence-corrected chi connectivity index (χ2v) is 5.76. The third kappa shape index (κ3) is 3.27. The van der Waals surface area contributed by atoms with Gasteiger partial charge in [-0.15, -0.1) is 0 Å². The predicted octanol–water partition coefficient (Wildman–Crippen LogP) is 3.19. The van der Waals surface area contributed by atoms with Crippen LogP contribution in [0.4, 0.5) is 5.82 Å². The molecule has 1 aliphatic rings. The quantitative estimate of drug-likeness (QED) is 0.797. The zero-order valence-electron chi connectivity index (χ0n) is 12.8. The van der Waals surface area contributed by atoms with Gasteiger partial charge in [-0.2, -0.15) is 0 Å². The monoisotopic (exact) mass is 261 g/mol. The molecule has 1 aliphatic carbocycles. The van der Waals surface area contributed by atoms with E-state index in [4.69, 9.17) is 4.98 Å². The van der Waals surface area contributed by atoms with Gasteiger partial charge in [-0.1, -0.05) is 6.92 Å². The molecule has 0 atom stereocenters. The van der Waals surface area contributed by atoms with Crippen LogP contribution in [0.3, 0.4) is 0 Å². The van der Waals surface area contributed by atoms with Crippen LogP contribution in [-0.4, -0.2) is 24.6 Å². The highest BCUT2D eigenvalue weighted by Crippen LogP contribution is 2.30. The van der Waals surface area contributed by atoms with E-state index in [9.17, 15) is 0 Å². The van der Waals surface area contributed by atoms with E-state index < -0.39 is 0 Å². The number of aryl methyl sites for hydroxylation is 2. The minimum atomic E-state index is 0.693. The lowest BCUT2D eigenvalue weighted by Gasteiger charge is -2.37. The van der Waals surface area contributed by atoms with Crippen LogP contribution in [0.5, 0.6) is 0 Å². The maximum Gasteiger partial charge on any atom is 0.133 e. The maximum absolute atomic E-state index is 4.80. The molecule has 0 amide bonds. The highest BCUT2D eigenvalue weighted by Gasteiger charge is 2.25. The first-order valence-electron chi connectivity index (χ1n) is 7.54. The summed E-state index contributed by atoms with van der Waals surface area (Å²) in [5, 5.41) is 3.52. The number of nitrogens with one attached hydrogen (secondary N) is 1. The van der Waals surface area contributed by atoms with Crippen LogP contribution in [0, 0.1) is 13.8 Å². The van der Waals surface area contributed by atoms with Crippen molar-refractivity contribution in [2.75, 3.05) is 18.5 Å². The van der Waals surface area contributed by atoms with Crippen LogP contribution in [0.1, 0.15) is 49.4 Å². The molecule has 106 valence electrons. The Bertz CT molecular complexity index is 424. The van der Waals surface area contributed by atoms with Gasteiger partial charge in [-0.25, -0.2) is 4.98 Å². The molecule has 1 aromatic rings. The van der Waals surface area contributed by atoms with Crippen molar-refractivity contribution in [3.05, 3.63) is 22.9 Å². The first-order valence-corrected chi connectivity index (χ1v) is 7.54. The van der Waals surface area contributed by atoms with Gasteiger partial charge >= 0.3 is 0 Å². The lowest BCUT2D eigenvalue weighted by molar-refractivity contribution is 0.398. The van der Waals surface area contributed by atoms with Crippen molar-refractivity contribution in [3.8, 4) is 0 Å². The van der Waals surface area contributed by atoms with Crippen LogP contribution in [0.25, 0.3) is 0 Å². The Balaban J connectivity index is 2.22. The molecule has 19 heavy (non-hydrogen) atoms. The normalized spacial score (nSPS) is 15.4. The zero-order chi connectivity index (χ0) is 13.8. The fourth-order valence-corrected chi connectivity index (χ4v) is 2.69. The molecule has 0 unspecified atom stereocenters. The van der Waals surface area contributed by atoms with Crippen molar-refractivity contribution in [1.82, 2.24) is 10.3 Å². The molecule has 1 fully saturated rings. The van der Waals surface area contributed by atoms with E-state index in [1.165, 1.54) is 42.6 Å². The molecule has 1 saturated carbocycles. The summed E-state index contributed by atoms with van der Waals surface area (Å²) >= 11 is 0. The summed E-state index contributed by atoms with van der Waals surface area (Å²) in [6.45, 7) is 8.50. The summed E-state index contributed by atoms with van der Waals surface area (Å²) in [6, 6.07) is 2.89. The number of aromatic nitrogens is 1. The fourth-order valence-electron chi connectivity index (χ4n) is 2.69. The van der Waals surface area contributed by atoms with Gasteiger partial charge < -0.3 is 10.2 Å². The van der Waals surface area contributed by atoms with E-state index in [-0.39, 0.29) is 0 Å². The first kappa shape index (κ1) is 14.3. The molecule has 0 radical (unpaired) electrons. The molecule has 1 heterocycles. The molecule has 1 aromatic heterocycles. The number of hydrogen-bond donors (Lipinski definition) is 1. The van der Waals surface area contributed by atoms with Crippen molar-refractivity contribution < 1.29 is 0 Å². The molecular formula is C16H27N3. The summed E-state index contributed by atoms with van der Waals surface area (Å²) in [7, 11) is 2.20. The Morgan fingerprint density at radius 1 is 1.37 bits per heavy atom. The number of hydrogen-bond acceptors (Lipinski definition) is 3. The Kier molecular flexibility index (Phi) is 4.81. The second kappa shape index (κ2) is 6.38. The first-order chi connectivity index (χ1) is 9.13. The lowest BCUT2D eigenvalue weighted by atomic mass is 9.91. The van der Waals surface area contributed by atoms with Crippen LogP contribution in [-0.2, 0) is 6.54 Å². The third-order valence-electron chi connectivity index (χ3n) is 4.14. The topological polar surface area (TPSA) is 28.2 Å². The molecule has 0 saturated heterocycles. The van der Waals surface area contributed by atoms with E-state index in [0.29, 0.717) is 6.04 Å². The molecule has 0 aromatic carbocycles. The van der Waals surface area contributed by atoms with Crippen molar-refractivity contribution in [3.63, 3.8) is 0 Å². The number of rotatable bonds is 6. The van der Waals surface area contributed by atoms with E-state index in [0.717, 1.165) is 18.8 Å². The molecule has 0 aliphatic heterocycles. The Labute approximate surface area is 117 Å². The van der Waals surface area contributed by atoms with Crippen molar-refractivity contribution in [2.45, 2.75) is 59.0 Å². The van der Waals surface area contributed by atoms with E-state index in [2.05, 4.69) is 44.1 Å². The summed E-state index contributed by atoms with van der Waals surface area (Å²) in [4.78, 5) is 7.20. The number of pyridine rings is 1. The van der Waals surface area contributed by atoms with E-state index >= 15 is 0 Å². The molecule has 0 spiro atoms. The summed E-state index contributed by atoms with van der Waals surface area (Å²) in [6.07, 6.45) is 5.16. The van der Waals surface area contributed by atoms with Gasteiger partial charge in [0.25, 0.3) is 0 Å². The standard InChI is InChI=1S/C16H27N3/c1-5-9-17-11-15-12(2)10-13(3)18-16(15)19(4)14-7-6-8-14/h10,14,17H,5-9,11H2,1-4H3. The molecule has 0 bridgehead atoms. The highest BCUT2D eigenvalue weighted by molar-refractivity contribution is 5.52. The summed E-state index contributed by atoms with van der Waals surface area (Å²) in [5.41, 5.74) is 3.85. The summed E-state index contributed by atoms with van der Waals surface area (Å²) in [5.74, 6) is 1.19. The van der Waals surface area contributed by atoms with Gasteiger partial charge in [0.15, 0.2) is 0 Å². The summed E-state index contributed by atoms with van der Waals surface area (Å²) < 4.78 is 0. The van der Waals surface area contributed by atoms with Crippen LogP contribution in [0.2, 0.25) is 0 Å². The fraction of sp³-hybridized carbons (Fsp3) is 0.688. The number of nitrogens with zero attached hydrogens (tertiary/aromatic N) is 2. The predicted molar refractivity (Wildman–Crippen MR) is 81.8 cm³/mol. The molecule has 3 nitrogen and oxygen atoms in total. The average molecular weight is 261 g/mol. The van der Waals surface area contributed by atoms with Crippen LogP contribution >= 0.6 is 0 Å². The van der Waals surface area contributed by atoms with Gasteiger partial charge in [0, 0.05) is 30.9 Å². The zero-order valence-corrected chi connectivity index (χ0v) is 12.8. The minimum Gasteiger partial charge on any atom is -0.356 e. The molecule has 1 N–H and O–H groups in total. The minimum absolute atomic E-state index is 0.693. The van der Waals surface area contributed by atoms with Crippen molar-refractivity contribution in [1.29, 1.82) is 0 Å². The third-order valence-corrected chi connectivity index (χ3v) is 4.14. The van der Waals surface area contributed by atoms with Crippen molar-refractivity contribution >= 4 is 5.82 Å². The largest absolute Gasteiger partial charge is 0.356 e. The maximum atomic E-state index is 4.80. The Morgan fingerprint density at radius 2 is 2.11 bits per heavy atom. The average Bonchev–Trinajstić information content (AvgIpc) is 2.29. The highest BCUT2D eigenvalue weighted by atomic mass is 15.2. The Morgan fingerprint density at radius 3 is 2.68 bits per heavy atom. The second-order valence-electron chi connectivity index (χ2n) is 5.76. The molecular weight excluding hydrogens is 234 g/mol.